The second-order valence-corrected chi connectivity index (χ2v) is 4.31. The Labute approximate surface area is 78.8 Å². The minimum atomic E-state index is 0.946. The maximum absolute atomic E-state index is 2.36. The zero-order chi connectivity index (χ0) is 9.40. The van der Waals surface area contributed by atoms with Crippen LogP contribution < -0.4 is 0 Å². The van der Waals surface area contributed by atoms with E-state index in [2.05, 4.69) is 27.7 Å². The van der Waals surface area contributed by atoms with Crippen molar-refractivity contribution >= 4 is 0 Å². The molecule has 0 aliphatic rings. The lowest BCUT2D eigenvalue weighted by atomic mass is 9.97. The van der Waals surface area contributed by atoms with Gasteiger partial charge < -0.3 is 0 Å². The summed E-state index contributed by atoms with van der Waals surface area (Å²) in [6, 6.07) is 0. The average Bonchev–Trinajstić information content (AvgIpc) is 2.11. The number of unbranched alkanes of at least 4 members (excludes halogenated alkanes) is 1. The summed E-state index contributed by atoms with van der Waals surface area (Å²) in [6.07, 6.45) is 8.46. The summed E-state index contributed by atoms with van der Waals surface area (Å²) in [4.78, 5) is 0. The first-order valence-electron chi connectivity index (χ1n) is 5.70. The molecule has 0 saturated heterocycles. The van der Waals surface area contributed by atoms with E-state index in [0.717, 1.165) is 11.8 Å². The maximum Gasteiger partial charge on any atom is -0.0445 e. The zero-order valence-electron chi connectivity index (χ0n) is 9.40. The highest BCUT2D eigenvalue weighted by Gasteiger charge is 2.00. The zero-order valence-corrected chi connectivity index (χ0v) is 9.40. The lowest BCUT2D eigenvalue weighted by molar-refractivity contribution is 0.436. The van der Waals surface area contributed by atoms with Gasteiger partial charge in [0, 0.05) is 0 Å². The van der Waals surface area contributed by atoms with Crippen molar-refractivity contribution in [2.45, 2.75) is 66.2 Å². The van der Waals surface area contributed by atoms with E-state index in [9.17, 15) is 0 Å². The molecule has 74 valence electrons. The molecule has 0 aromatic rings. The van der Waals surface area contributed by atoms with E-state index in [4.69, 9.17) is 0 Å². The van der Waals surface area contributed by atoms with Crippen molar-refractivity contribution in [2.75, 3.05) is 0 Å². The lowest BCUT2D eigenvalue weighted by Crippen LogP contribution is -1.95. The lowest BCUT2D eigenvalue weighted by Gasteiger charge is -2.10. The topological polar surface area (TPSA) is 0 Å². The Morgan fingerprint density at radius 2 is 1.08 bits per heavy atom. The normalized spacial score (nSPS) is 16.0. The molecule has 0 radical (unpaired) electrons. The van der Waals surface area contributed by atoms with Crippen molar-refractivity contribution in [3.63, 3.8) is 0 Å². The molecule has 0 aromatic carbocycles. The summed E-state index contributed by atoms with van der Waals surface area (Å²) in [5.74, 6) is 1.89. The second kappa shape index (κ2) is 7.64. The Bertz CT molecular complexity index is 74.0. The number of hydrogen-bond donors (Lipinski definition) is 0. The van der Waals surface area contributed by atoms with E-state index >= 15 is 0 Å². The monoisotopic (exact) mass is 170 g/mol. The molecule has 0 bridgehead atoms. The smallest absolute Gasteiger partial charge is 0.0445 e. The van der Waals surface area contributed by atoms with Crippen LogP contribution in [0.2, 0.25) is 0 Å². The third kappa shape index (κ3) is 6.69. The van der Waals surface area contributed by atoms with Gasteiger partial charge in [0.2, 0.25) is 0 Å². The van der Waals surface area contributed by atoms with Crippen molar-refractivity contribution in [1.29, 1.82) is 0 Å². The molecule has 0 fully saturated rings. The van der Waals surface area contributed by atoms with Crippen LogP contribution in [0.5, 0.6) is 0 Å². The molecular weight excluding hydrogens is 144 g/mol. The van der Waals surface area contributed by atoms with Crippen molar-refractivity contribution in [1.82, 2.24) is 0 Å². The van der Waals surface area contributed by atoms with Gasteiger partial charge in [0.1, 0.15) is 0 Å². The average molecular weight is 170 g/mol. The Hall–Kier alpha value is 0. The molecule has 0 saturated carbocycles. The Morgan fingerprint density at radius 1 is 0.750 bits per heavy atom. The minimum Gasteiger partial charge on any atom is -0.0651 e. The van der Waals surface area contributed by atoms with Crippen LogP contribution in [0.3, 0.4) is 0 Å². The van der Waals surface area contributed by atoms with Crippen LogP contribution in [0.4, 0.5) is 0 Å². The summed E-state index contributed by atoms with van der Waals surface area (Å²) >= 11 is 0. The molecule has 0 heterocycles. The SMILES string of the molecule is CC[C@@H](C)CCCC[C@@H](C)CC. The van der Waals surface area contributed by atoms with Gasteiger partial charge in [-0.3, -0.25) is 0 Å². The van der Waals surface area contributed by atoms with E-state index in [1.807, 2.05) is 0 Å². The quantitative estimate of drug-likeness (QED) is 0.488. The van der Waals surface area contributed by atoms with Gasteiger partial charge in [-0.2, -0.15) is 0 Å². The van der Waals surface area contributed by atoms with Gasteiger partial charge in [-0.05, 0) is 11.8 Å². The van der Waals surface area contributed by atoms with Crippen LogP contribution in [0.15, 0.2) is 0 Å². The summed E-state index contributed by atoms with van der Waals surface area (Å²) in [5.41, 5.74) is 0. The van der Waals surface area contributed by atoms with Crippen molar-refractivity contribution in [3.8, 4) is 0 Å². The predicted molar refractivity (Wildman–Crippen MR) is 57.4 cm³/mol. The molecular formula is C12H26. The van der Waals surface area contributed by atoms with Gasteiger partial charge in [0.15, 0.2) is 0 Å². The van der Waals surface area contributed by atoms with Gasteiger partial charge in [0.05, 0.1) is 0 Å². The minimum absolute atomic E-state index is 0.946. The molecule has 2 atom stereocenters. The van der Waals surface area contributed by atoms with Gasteiger partial charge in [-0.25, -0.2) is 0 Å². The van der Waals surface area contributed by atoms with Crippen LogP contribution in [-0.4, -0.2) is 0 Å². The highest BCUT2D eigenvalue weighted by molar-refractivity contribution is 4.54. The van der Waals surface area contributed by atoms with Gasteiger partial charge in [0.25, 0.3) is 0 Å². The summed E-state index contributed by atoms with van der Waals surface area (Å²) in [7, 11) is 0. The van der Waals surface area contributed by atoms with Crippen LogP contribution >= 0.6 is 0 Å². The molecule has 0 aliphatic heterocycles. The molecule has 0 amide bonds. The van der Waals surface area contributed by atoms with E-state index < -0.39 is 0 Å². The first-order chi connectivity index (χ1) is 5.70. The Morgan fingerprint density at radius 3 is 1.33 bits per heavy atom. The third-order valence-corrected chi connectivity index (χ3v) is 3.04. The molecule has 0 unspecified atom stereocenters. The first-order valence-corrected chi connectivity index (χ1v) is 5.70. The fourth-order valence-electron chi connectivity index (χ4n) is 1.39. The molecule has 0 nitrogen and oxygen atoms in total. The van der Waals surface area contributed by atoms with Crippen LogP contribution in [0.1, 0.15) is 66.2 Å². The fourth-order valence-corrected chi connectivity index (χ4v) is 1.39. The molecule has 0 aliphatic carbocycles. The van der Waals surface area contributed by atoms with Crippen LogP contribution in [0, 0.1) is 11.8 Å². The Balaban J connectivity index is 3.10. The largest absolute Gasteiger partial charge is 0.0651 e. The number of rotatable bonds is 7. The fraction of sp³-hybridized carbons (Fsp3) is 1.00. The number of hydrogen-bond acceptors (Lipinski definition) is 0. The van der Waals surface area contributed by atoms with E-state index in [1.54, 1.807) is 0 Å². The third-order valence-electron chi connectivity index (χ3n) is 3.04. The molecule has 0 spiro atoms. The molecule has 0 aromatic heterocycles. The molecule has 12 heavy (non-hydrogen) atoms. The Kier molecular flexibility index (Phi) is 7.64. The van der Waals surface area contributed by atoms with E-state index in [0.29, 0.717) is 0 Å². The summed E-state index contributed by atoms with van der Waals surface area (Å²) in [5, 5.41) is 0. The summed E-state index contributed by atoms with van der Waals surface area (Å²) < 4.78 is 0. The van der Waals surface area contributed by atoms with Crippen LogP contribution in [0.25, 0.3) is 0 Å². The molecule has 0 rings (SSSR count). The first kappa shape index (κ1) is 12.0. The van der Waals surface area contributed by atoms with Crippen molar-refractivity contribution < 1.29 is 0 Å². The predicted octanol–water partition coefficient (Wildman–Crippen LogP) is 4.64. The highest BCUT2D eigenvalue weighted by Crippen LogP contribution is 2.16. The van der Waals surface area contributed by atoms with Gasteiger partial charge in [-0.1, -0.05) is 66.2 Å². The van der Waals surface area contributed by atoms with Gasteiger partial charge >= 0.3 is 0 Å². The molecule has 0 heteroatoms. The van der Waals surface area contributed by atoms with E-state index in [1.165, 1.54) is 38.5 Å². The van der Waals surface area contributed by atoms with Crippen molar-refractivity contribution in [3.05, 3.63) is 0 Å². The maximum atomic E-state index is 2.36. The standard InChI is InChI=1S/C12H26/c1-5-11(3)9-7-8-10-12(4)6-2/h11-12H,5-10H2,1-4H3/t11-,12+. The second-order valence-electron chi connectivity index (χ2n) is 4.31. The summed E-state index contributed by atoms with van der Waals surface area (Å²) in [6.45, 7) is 9.31. The molecule has 0 N–H and O–H groups in total. The van der Waals surface area contributed by atoms with Gasteiger partial charge in [-0.15, -0.1) is 0 Å². The van der Waals surface area contributed by atoms with E-state index in [-0.39, 0.29) is 0 Å². The van der Waals surface area contributed by atoms with Crippen molar-refractivity contribution in [2.24, 2.45) is 11.8 Å². The van der Waals surface area contributed by atoms with Crippen LogP contribution in [-0.2, 0) is 0 Å². The highest BCUT2D eigenvalue weighted by atomic mass is 14.1.